The van der Waals surface area contributed by atoms with E-state index in [0.29, 0.717) is 5.56 Å². The minimum atomic E-state index is 0.598. The van der Waals surface area contributed by atoms with Gasteiger partial charge in [0.1, 0.15) is 6.07 Å². The molecule has 0 radical (unpaired) electrons. The second-order valence-corrected chi connectivity index (χ2v) is 4.33. The topological polar surface area (TPSA) is 48.7 Å². The highest BCUT2D eigenvalue weighted by atomic mass is 32.1. The van der Waals surface area contributed by atoms with Crippen molar-refractivity contribution in [1.29, 1.82) is 5.26 Å². The number of aromatic nitrogens is 1. The average Bonchev–Trinajstić information content (AvgIpc) is 2.78. The van der Waals surface area contributed by atoms with Crippen molar-refractivity contribution < 1.29 is 0 Å². The van der Waals surface area contributed by atoms with Crippen LogP contribution in [0.5, 0.6) is 0 Å². The Kier molecular flexibility index (Phi) is 3.30. The van der Waals surface area contributed by atoms with Gasteiger partial charge in [-0.05, 0) is 30.1 Å². The van der Waals surface area contributed by atoms with E-state index >= 15 is 0 Å². The summed E-state index contributed by atoms with van der Waals surface area (Å²) in [6.07, 6.45) is 3.36. The minimum absolute atomic E-state index is 0.598. The van der Waals surface area contributed by atoms with E-state index in [4.69, 9.17) is 5.26 Å². The molecule has 2 aromatic rings. The third-order valence-corrected chi connectivity index (χ3v) is 3.21. The molecular weight excluding hydrogens is 218 g/mol. The fraction of sp³-hybridized carbons (Fsp3) is 0.167. The molecule has 0 aliphatic heterocycles. The van der Waals surface area contributed by atoms with Crippen LogP contribution in [0.15, 0.2) is 29.9 Å². The van der Waals surface area contributed by atoms with E-state index in [9.17, 15) is 0 Å². The van der Waals surface area contributed by atoms with E-state index in [1.54, 1.807) is 23.7 Å². The van der Waals surface area contributed by atoms with Crippen molar-refractivity contribution >= 4 is 11.3 Å². The van der Waals surface area contributed by atoms with Crippen molar-refractivity contribution in [3.8, 4) is 16.5 Å². The molecule has 0 bridgehead atoms. The molecule has 0 fully saturated rings. The monoisotopic (exact) mass is 229 g/mol. The Morgan fingerprint density at radius 2 is 2.31 bits per heavy atom. The molecule has 0 aromatic carbocycles. The van der Waals surface area contributed by atoms with Crippen LogP contribution in [0, 0.1) is 11.3 Å². The number of pyridine rings is 1. The molecular formula is C12H11N3S. The van der Waals surface area contributed by atoms with Crippen molar-refractivity contribution in [2.45, 2.75) is 6.54 Å². The van der Waals surface area contributed by atoms with Gasteiger partial charge in [0.15, 0.2) is 0 Å². The summed E-state index contributed by atoms with van der Waals surface area (Å²) in [6, 6.07) is 6.09. The smallest absolute Gasteiger partial charge is 0.101 e. The Labute approximate surface area is 98.4 Å². The third kappa shape index (κ3) is 2.27. The molecule has 0 spiro atoms. The number of nitrogens with one attached hydrogen (secondary N) is 1. The Morgan fingerprint density at radius 1 is 1.44 bits per heavy atom. The molecule has 0 aliphatic carbocycles. The average molecular weight is 229 g/mol. The molecule has 4 heteroatoms. The predicted molar refractivity (Wildman–Crippen MR) is 65.0 cm³/mol. The molecule has 2 heterocycles. The summed E-state index contributed by atoms with van der Waals surface area (Å²) in [6.45, 7) is 0.863. The summed E-state index contributed by atoms with van der Waals surface area (Å²) in [7, 11) is 1.93. The zero-order valence-corrected chi connectivity index (χ0v) is 9.71. The Balaban J connectivity index is 2.32. The zero-order valence-electron chi connectivity index (χ0n) is 8.90. The van der Waals surface area contributed by atoms with Gasteiger partial charge in [-0.3, -0.25) is 4.98 Å². The fourth-order valence-electron chi connectivity index (χ4n) is 1.46. The van der Waals surface area contributed by atoms with Crippen LogP contribution >= 0.6 is 11.3 Å². The van der Waals surface area contributed by atoms with Gasteiger partial charge in [0.25, 0.3) is 0 Å². The SMILES string of the molecule is CNCc1csc(-c2cncc(C#N)c2)c1. The number of rotatable bonds is 3. The second kappa shape index (κ2) is 4.88. The molecule has 16 heavy (non-hydrogen) atoms. The molecule has 0 aliphatic rings. The van der Waals surface area contributed by atoms with E-state index in [1.807, 2.05) is 13.1 Å². The first kappa shape index (κ1) is 10.8. The molecule has 80 valence electrons. The molecule has 0 unspecified atom stereocenters. The van der Waals surface area contributed by atoms with Crippen molar-refractivity contribution in [3.63, 3.8) is 0 Å². The van der Waals surface area contributed by atoms with Crippen LogP contribution in [0.1, 0.15) is 11.1 Å². The summed E-state index contributed by atoms with van der Waals surface area (Å²) in [5.74, 6) is 0. The summed E-state index contributed by atoms with van der Waals surface area (Å²) < 4.78 is 0. The molecule has 0 amide bonds. The molecule has 0 saturated carbocycles. The molecule has 2 aromatic heterocycles. The maximum Gasteiger partial charge on any atom is 0.101 e. The number of nitrogens with zero attached hydrogens (tertiary/aromatic N) is 2. The van der Waals surface area contributed by atoms with Gasteiger partial charge in [-0.2, -0.15) is 5.26 Å². The Hall–Kier alpha value is -1.70. The largest absolute Gasteiger partial charge is 0.316 e. The number of nitriles is 1. The molecule has 0 atom stereocenters. The van der Waals surface area contributed by atoms with Gasteiger partial charge in [0, 0.05) is 29.4 Å². The maximum atomic E-state index is 8.80. The van der Waals surface area contributed by atoms with Crippen LogP contribution in [0.2, 0.25) is 0 Å². The van der Waals surface area contributed by atoms with E-state index in [0.717, 1.165) is 17.0 Å². The lowest BCUT2D eigenvalue weighted by molar-refractivity contribution is 0.821. The van der Waals surface area contributed by atoms with Crippen LogP contribution in [0.25, 0.3) is 10.4 Å². The van der Waals surface area contributed by atoms with E-state index in [-0.39, 0.29) is 0 Å². The maximum absolute atomic E-state index is 8.80. The van der Waals surface area contributed by atoms with E-state index < -0.39 is 0 Å². The lowest BCUT2D eigenvalue weighted by atomic mass is 10.2. The van der Waals surface area contributed by atoms with Gasteiger partial charge >= 0.3 is 0 Å². The van der Waals surface area contributed by atoms with Crippen LogP contribution in [0.4, 0.5) is 0 Å². The zero-order chi connectivity index (χ0) is 11.4. The number of hydrogen-bond acceptors (Lipinski definition) is 4. The highest BCUT2D eigenvalue weighted by Crippen LogP contribution is 2.27. The van der Waals surface area contributed by atoms with Gasteiger partial charge in [-0.15, -0.1) is 11.3 Å². The number of hydrogen-bond donors (Lipinski definition) is 1. The standard InChI is InChI=1S/C12H11N3S/c1-14-5-10-3-12(16-8-10)11-2-9(4-13)6-15-7-11/h2-3,6-8,14H,5H2,1H3. The third-order valence-electron chi connectivity index (χ3n) is 2.19. The number of thiophene rings is 1. The Morgan fingerprint density at radius 3 is 3.06 bits per heavy atom. The van der Waals surface area contributed by atoms with Gasteiger partial charge in [-0.1, -0.05) is 0 Å². The van der Waals surface area contributed by atoms with Crippen LogP contribution in [0.3, 0.4) is 0 Å². The molecule has 0 saturated heterocycles. The van der Waals surface area contributed by atoms with Gasteiger partial charge in [0.05, 0.1) is 5.56 Å². The second-order valence-electron chi connectivity index (χ2n) is 3.42. The summed E-state index contributed by atoms with van der Waals surface area (Å²) in [5.41, 5.74) is 2.86. The van der Waals surface area contributed by atoms with E-state index in [1.165, 1.54) is 5.56 Å². The lowest BCUT2D eigenvalue weighted by Gasteiger charge is -1.96. The molecule has 3 nitrogen and oxygen atoms in total. The van der Waals surface area contributed by atoms with Crippen LogP contribution in [-0.2, 0) is 6.54 Å². The summed E-state index contributed by atoms with van der Waals surface area (Å²) in [4.78, 5) is 5.20. The lowest BCUT2D eigenvalue weighted by Crippen LogP contribution is -2.03. The first-order valence-corrected chi connectivity index (χ1v) is 5.79. The van der Waals surface area contributed by atoms with Crippen LogP contribution < -0.4 is 5.32 Å². The predicted octanol–water partition coefficient (Wildman–Crippen LogP) is 2.40. The fourth-order valence-corrected chi connectivity index (χ4v) is 2.36. The van der Waals surface area contributed by atoms with Gasteiger partial charge < -0.3 is 5.32 Å². The highest BCUT2D eigenvalue weighted by Gasteiger charge is 2.03. The van der Waals surface area contributed by atoms with Gasteiger partial charge in [-0.25, -0.2) is 0 Å². The molecule has 1 N–H and O–H groups in total. The van der Waals surface area contributed by atoms with E-state index in [2.05, 4.69) is 27.8 Å². The van der Waals surface area contributed by atoms with Crippen molar-refractivity contribution in [1.82, 2.24) is 10.3 Å². The van der Waals surface area contributed by atoms with Crippen molar-refractivity contribution in [3.05, 3.63) is 41.0 Å². The minimum Gasteiger partial charge on any atom is -0.316 e. The van der Waals surface area contributed by atoms with Crippen molar-refractivity contribution in [2.75, 3.05) is 7.05 Å². The first-order chi connectivity index (χ1) is 7.83. The Bertz CT molecular complexity index is 525. The highest BCUT2D eigenvalue weighted by molar-refractivity contribution is 7.13. The van der Waals surface area contributed by atoms with Crippen LogP contribution in [-0.4, -0.2) is 12.0 Å². The van der Waals surface area contributed by atoms with Gasteiger partial charge in [0.2, 0.25) is 0 Å². The summed E-state index contributed by atoms with van der Waals surface area (Å²) >= 11 is 1.67. The first-order valence-electron chi connectivity index (χ1n) is 4.91. The summed E-state index contributed by atoms with van der Waals surface area (Å²) in [5, 5.41) is 14.0. The normalized spacial score (nSPS) is 10.0. The molecule has 2 rings (SSSR count). The van der Waals surface area contributed by atoms with Crippen molar-refractivity contribution in [2.24, 2.45) is 0 Å². The quantitative estimate of drug-likeness (QED) is 0.879.